The third-order valence-corrected chi connectivity index (χ3v) is 7.47. The number of hydrogen-bond acceptors (Lipinski definition) is 4. The molecule has 0 unspecified atom stereocenters. The van der Waals surface area contributed by atoms with Gasteiger partial charge in [0.1, 0.15) is 16.6 Å². The maximum atomic E-state index is 13.3. The van der Waals surface area contributed by atoms with Crippen LogP contribution < -0.4 is 9.62 Å². The minimum atomic E-state index is -3.96. The van der Waals surface area contributed by atoms with Gasteiger partial charge in [0.2, 0.25) is 5.91 Å². The summed E-state index contributed by atoms with van der Waals surface area (Å²) >= 11 is 1.06. The standard InChI is InChI=1S/C20H19FN2O3S2/c1-14-5-3-6-18(15(14)2)22-19(24)13-23(17-10-8-16(21)9-11-17)28(25,26)20-7-4-12-27-20/h3-12H,13H2,1-2H3,(H,22,24). The SMILES string of the molecule is Cc1cccc(NC(=O)CN(c2ccc(F)cc2)S(=O)(=O)c2cccs2)c1C. The van der Waals surface area contributed by atoms with Gasteiger partial charge in [-0.25, -0.2) is 12.8 Å². The number of amides is 1. The van der Waals surface area contributed by atoms with Crippen LogP contribution in [0.2, 0.25) is 0 Å². The number of nitrogens with zero attached hydrogens (tertiary/aromatic N) is 1. The first-order valence-corrected chi connectivity index (χ1v) is 10.8. The van der Waals surface area contributed by atoms with Crippen LogP contribution in [0.4, 0.5) is 15.8 Å². The van der Waals surface area contributed by atoms with Crippen molar-refractivity contribution < 1.29 is 17.6 Å². The summed E-state index contributed by atoms with van der Waals surface area (Å²) in [5, 5.41) is 4.41. The highest BCUT2D eigenvalue weighted by molar-refractivity contribution is 7.94. The summed E-state index contributed by atoms with van der Waals surface area (Å²) in [6, 6.07) is 13.6. The third-order valence-electron chi connectivity index (χ3n) is 4.32. The summed E-state index contributed by atoms with van der Waals surface area (Å²) in [6.45, 7) is 3.38. The van der Waals surface area contributed by atoms with E-state index in [0.29, 0.717) is 5.69 Å². The summed E-state index contributed by atoms with van der Waals surface area (Å²) in [6.07, 6.45) is 0. The van der Waals surface area contributed by atoms with Crippen molar-refractivity contribution in [1.82, 2.24) is 0 Å². The molecule has 1 amide bonds. The van der Waals surface area contributed by atoms with Crippen molar-refractivity contribution in [3.05, 3.63) is 76.9 Å². The zero-order valence-electron chi connectivity index (χ0n) is 15.3. The molecule has 0 radical (unpaired) electrons. The smallest absolute Gasteiger partial charge is 0.274 e. The predicted molar refractivity (Wildman–Crippen MR) is 110 cm³/mol. The zero-order chi connectivity index (χ0) is 20.3. The van der Waals surface area contributed by atoms with Crippen molar-refractivity contribution in [2.75, 3.05) is 16.2 Å². The molecule has 0 saturated heterocycles. The summed E-state index contributed by atoms with van der Waals surface area (Å²) in [7, 11) is -3.96. The maximum absolute atomic E-state index is 13.3. The number of rotatable bonds is 6. The van der Waals surface area contributed by atoms with Gasteiger partial charge in [0.15, 0.2) is 0 Å². The number of carbonyl (C=O) groups excluding carboxylic acids is 1. The van der Waals surface area contributed by atoms with Crippen molar-refractivity contribution >= 4 is 38.6 Å². The molecule has 0 spiro atoms. The molecule has 0 aliphatic rings. The van der Waals surface area contributed by atoms with Crippen LogP contribution in [0.5, 0.6) is 0 Å². The van der Waals surface area contributed by atoms with E-state index in [4.69, 9.17) is 0 Å². The molecule has 0 aliphatic carbocycles. The van der Waals surface area contributed by atoms with Crippen molar-refractivity contribution in [3.8, 4) is 0 Å². The Morgan fingerprint density at radius 3 is 2.43 bits per heavy atom. The normalized spacial score (nSPS) is 11.2. The molecule has 8 heteroatoms. The molecule has 1 heterocycles. The number of benzene rings is 2. The van der Waals surface area contributed by atoms with E-state index in [0.717, 1.165) is 38.9 Å². The number of halogens is 1. The van der Waals surface area contributed by atoms with Crippen LogP contribution in [0.25, 0.3) is 0 Å². The van der Waals surface area contributed by atoms with E-state index in [1.54, 1.807) is 17.5 Å². The first kappa shape index (κ1) is 20.0. The Morgan fingerprint density at radius 2 is 1.79 bits per heavy atom. The summed E-state index contributed by atoms with van der Waals surface area (Å²) in [5.41, 5.74) is 2.76. The molecule has 1 aromatic heterocycles. The molecule has 1 N–H and O–H groups in total. The van der Waals surface area contributed by atoms with Crippen LogP contribution in [0.15, 0.2) is 64.2 Å². The van der Waals surface area contributed by atoms with Gasteiger partial charge in [0.05, 0.1) is 5.69 Å². The number of nitrogens with one attached hydrogen (secondary N) is 1. The molecule has 28 heavy (non-hydrogen) atoms. The van der Waals surface area contributed by atoms with Crippen molar-refractivity contribution in [2.24, 2.45) is 0 Å². The Kier molecular flexibility index (Phi) is 5.81. The predicted octanol–water partition coefficient (Wildman–Crippen LogP) is 4.34. The molecule has 0 bridgehead atoms. The van der Waals surface area contributed by atoms with Crippen LogP contribution in [0, 0.1) is 19.7 Å². The van der Waals surface area contributed by atoms with Gasteiger partial charge in [-0.15, -0.1) is 11.3 Å². The Balaban J connectivity index is 1.92. The number of carbonyl (C=O) groups is 1. The Hall–Kier alpha value is -2.71. The molecule has 0 saturated carbocycles. The minimum Gasteiger partial charge on any atom is -0.324 e. The molecule has 3 aromatic rings. The highest BCUT2D eigenvalue weighted by Crippen LogP contribution is 2.27. The van der Waals surface area contributed by atoms with E-state index in [1.165, 1.54) is 18.2 Å². The monoisotopic (exact) mass is 418 g/mol. The molecule has 146 valence electrons. The van der Waals surface area contributed by atoms with Crippen LogP contribution in [-0.2, 0) is 14.8 Å². The van der Waals surface area contributed by atoms with Gasteiger partial charge in [0, 0.05) is 5.69 Å². The first-order valence-electron chi connectivity index (χ1n) is 8.47. The maximum Gasteiger partial charge on any atom is 0.274 e. The Labute approximate surface area is 167 Å². The lowest BCUT2D eigenvalue weighted by atomic mass is 10.1. The number of aryl methyl sites for hydroxylation is 1. The van der Waals surface area contributed by atoms with E-state index >= 15 is 0 Å². The van der Waals surface area contributed by atoms with Crippen LogP contribution in [-0.4, -0.2) is 20.9 Å². The van der Waals surface area contributed by atoms with Gasteiger partial charge in [-0.2, -0.15) is 0 Å². The zero-order valence-corrected chi connectivity index (χ0v) is 17.0. The van der Waals surface area contributed by atoms with Crippen LogP contribution in [0.1, 0.15) is 11.1 Å². The average Bonchev–Trinajstić information content (AvgIpc) is 3.20. The van der Waals surface area contributed by atoms with Gasteiger partial charge < -0.3 is 5.32 Å². The number of anilines is 2. The van der Waals surface area contributed by atoms with Crippen LogP contribution >= 0.6 is 11.3 Å². The molecule has 3 rings (SSSR count). The van der Waals surface area contributed by atoms with Crippen LogP contribution in [0.3, 0.4) is 0 Å². The number of hydrogen-bond donors (Lipinski definition) is 1. The Bertz CT molecular complexity index is 1080. The average molecular weight is 419 g/mol. The van der Waals surface area contributed by atoms with Gasteiger partial charge >= 0.3 is 0 Å². The topological polar surface area (TPSA) is 66.5 Å². The summed E-state index contributed by atoms with van der Waals surface area (Å²) < 4.78 is 40.5. The number of sulfonamides is 1. The molecule has 0 fully saturated rings. The van der Waals surface area contributed by atoms with E-state index in [9.17, 15) is 17.6 Å². The fourth-order valence-corrected chi connectivity index (χ4v) is 5.17. The van der Waals surface area contributed by atoms with Crippen molar-refractivity contribution in [3.63, 3.8) is 0 Å². The fourth-order valence-electron chi connectivity index (χ4n) is 2.65. The second-order valence-corrected chi connectivity index (χ2v) is 9.25. The van der Waals surface area contributed by atoms with Gasteiger partial charge in [-0.05, 0) is 66.8 Å². The quantitative estimate of drug-likeness (QED) is 0.648. The van der Waals surface area contributed by atoms with E-state index < -0.39 is 28.3 Å². The van der Waals surface area contributed by atoms with Crippen molar-refractivity contribution in [1.29, 1.82) is 0 Å². The van der Waals surface area contributed by atoms with E-state index in [-0.39, 0.29) is 9.90 Å². The molecule has 5 nitrogen and oxygen atoms in total. The minimum absolute atomic E-state index is 0.108. The highest BCUT2D eigenvalue weighted by atomic mass is 32.2. The Morgan fingerprint density at radius 1 is 1.07 bits per heavy atom. The molecule has 0 atom stereocenters. The van der Waals surface area contributed by atoms with Crippen molar-refractivity contribution in [2.45, 2.75) is 18.1 Å². The highest BCUT2D eigenvalue weighted by Gasteiger charge is 2.28. The fraction of sp³-hybridized carbons (Fsp3) is 0.150. The van der Waals surface area contributed by atoms with Gasteiger partial charge in [-0.3, -0.25) is 9.10 Å². The summed E-state index contributed by atoms with van der Waals surface area (Å²) in [5.74, 6) is -0.977. The van der Waals surface area contributed by atoms with E-state index in [2.05, 4.69) is 5.32 Å². The third kappa shape index (κ3) is 4.23. The molecular formula is C20H19FN2O3S2. The largest absolute Gasteiger partial charge is 0.324 e. The second kappa shape index (κ2) is 8.12. The number of thiophene rings is 1. The lowest BCUT2D eigenvalue weighted by molar-refractivity contribution is -0.114. The molecular weight excluding hydrogens is 399 g/mol. The first-order chi connectivity index (χ1) is 13.3. The molecule has 0 aliphatic heterocycles. The lowest BCUT2D eigenvalue weighted by Crippen LogP contribution is -2.38. The van der Waals surface area contributed by atoms with E-state index in [1.807, 2.05) is 26.0 Å². The summed E-state index contributed by atoms with van der Waals surface area (Å²) in [4.78, 5) is 12.7. The second-order valence-electron chi connectivity index (χ2n) is 6.22. The van der Waals surface area contributed by atoms with Gasteiger partial charge in [0.25, 0.3) is 10.0 Å². The van der Waals surface area contributed by atoms with Gasteiger partial charge in [-0.1, -0.05) is 18.2 Å². The molecule has 2 aromatic carbocycles. The lowest BCUT2D eigenvalue weighted by Gasteiger charge is -2.23.